The number of imidazole rings is 5. The van der Waals surface area contributed by atoms with Gasteiger partial charge in [-0.3, -0.25) is 13.9 Å². The number of carbonyl (C=O) groups is 6. The van der Waals surface area contributed by atoms with Crippen LogP contribution in [-0.2, 0) is 99.1 Å². The lowest BCUT2D eigenvalue weighted by atomic mass is 9.59. The molecule has 10 aliphatic rings. The topological polar surface area (TPSA) is 233 Å². The largest absolute Gasteiger partial charge is 0.466 e. The van der Waals surface area contributed by atoms with Gasteiger partial charge in [0.1, 0.15) is 29.1 Å². The van der Waals surface area contributed by atoms with Crippen molar-refractivity contribution in [2.24, 2.45) is 59.2 Å². The average molecular weight is 1940 g/mol. The van der Waals surface area contributed by atoms with Crippen molar-refractivity contribution in [1.82, 2.24) is 48.2 Å². The fourth-order valence-corrected chi connectivity index (χ4v) is 26.1. The number of aromatic nitrogens is 10. The van der Waals surface area contributed by atoms with Crippen LogP contribution in [0, 0.1) is 106 Å². The van der Waals surface area contributed by atoms with Gasteiger partial charge in [0.05, 0.1) is 67.9 Å². The zero-order valence-corrected chi connectivity index (χ0v) is 85.4. The Balaban J connectivity index is 0.000000117. The van der Waals surface area contributed by atoms with Crippen LogP contribution >= 0.6 is 0 Å². The molecule has 22 nitrogen and oxygen atoms in total. The molecule has 0 radical (unpaired) electrons. The first-order valence-corrected chi connectivity index (χ1v) is 51.2. The van der Waals surface area contributed by atoms with Gasteiger partial charge in [0.25, 0.3) is 0 Å². The van der Waals surface area contributed by atoms with Gasteiger partial charge in [0.2, 0.25) is 28.5 Å². The van der Waals surface area contributed by atoms with Crippen molar-refractivity contribution in [2.45, 2.75) is 194 Å². The summed E-state index contributed by atoms with van der Waals surface area (Å²) in [6, 6.07) is 78.5. The molecule has 0 unspecified atom stereocenters. The Morgan fingerprint density at radius 2 is 0.639 bits per heavy atom. The molecule has 1 N–H and O–H groups in total. The maximum atomic E-state index is 12.8. The van der Waals surface area contributed by atoms with E-state index < -0.39 is 10.8 Å². The van der Waals surface area contributed by atoms with Gasteiger partial charge < -0.3 is 42.8 Å². The summed E-state index contributed by atoms with van der Waals surface area (Å²) in [5.74, 6) is 4.23. The van der Waals surface area contributed by atoms with Gasteiger partial charge in [-0.2, -0.15) is 0 Å². The number of Topliss-reactive ketones (excluding diaryl/α,β-unsaturated/α-hetero) is 5. The van der Waals surface area contributed by atoms with E-state index in [9.17, 15) is 28.8 Å². The standard InChI is InChI=1S/C31H31N3O3.C27H25N3O.C26H23N3O.C21H21N3O.C20H19N3O/c1-20-25-15-16-27-29(31(25,3)19-26(32-4)28(20)36)33-30(23-12-6-5-7-13-23)34(27)24-14-8-10-22(18-24)11-9-17-37-21(2)35;1-17-22-14-15-24-26(27(22,3)16-23(28-4)25(17)31)29-18(2)30(24)21-12-10-20(11-13-21)19-8-6-5-7-9-19;1-17-20-14-15-22-24(26(20,2)16-21(27-3)23(17)30)28-25(18-10-6-4-7-11-18)29(22)19-12-8-5-9-13-19;1-13-16-10-11-18-20(21(16,3)12-17(22-4)19(13)25)23-14(2)24(18)15-8-6-5-7-9-15;1-12-14-9-10-15-18(20(14,2)11-16(21-3)17(12)24)23-19(22-15)13-7-5-4-6-8-13/h5-8,10,12-14,18-20,25H,9,11,15-17H2,1-3H3;5-13,16-17,22H,14-15H2,1-3H3;4-13,16-17,20H,14-15H2,1-2H3;5-9,12-13,16H,10-11H2,1-3H3;4-8,11-12,14H,9-10H2,1-2H3,(H,22,23)/t20-,25-,31-;17-,22-,27-;17-,20-,26-;13-,16-,21-;12-,14-,20-/m00000/s1. The molecule has 5 aromatic heterocycles. The van der Waals surface area contributed by atoms with E-state index in [4.69, 9.17) is 62.5 Å². The molecule has 0 fully saturated rings. The first kappa shape index (κ1) is 99.5. The van der Waals surface area contributed by atoms with Gasteiger partial charge in [0, 0.05) is 131 Å². The molecule has 22 heteroatoms. The first-order valence-electron chi connectivity index (χ1n) is 51.2. The van der Waals surface area contributed by atoms with Crippen LogP contribution in [0.4, 0.5) is 0 Å². The highest BCUT2D eigenvalue weighted by Crippen LogP contribution is 2.57. The summed E-state index contributed by atoms with van der Waals surface area (Å²) >= 11 is 0. The summed E-state index contributed by atoms with van der Waals surface area (Å²) in [4.78, 5) is 120. The highest BCUT2D eigenvalue weighted by molar-refractivity contribution is 6.03. The van der Waals surface area contributed by atoms with Gasteiger partial charge in [-0.1, -0.05) is 282 Å². The lowest BCUT2D eigenvalue weighted by Gasteiger charge is -2.44. The maximum absolute atomic E-state index is 12.8. The number of hydrogen-bond acceptors (Lipinski definition) is 12. The average Bonchev–Trinajstić information content (AvgIpc) is 1.69. The molecule has 13 aromatic rings. The number of fused-ring (bicyclic) bond motifs is 15. The predicted octanol–water partition coefficient (Wildman–Crippen LogP) is 24.9. The third kappa shape index (κ3) is 17.6. The zero-order valence-electron chi connectivity index (χ0n) is 85.4. The molecule has 736 valence electrons. The van der Waals surface area contributed by atoms with Crippen molar-refractivity contribution in [3.05, 3.63) is 421 Å². The molecule has 15 atom stereocenters. The van der Waals surface area contributed by atoms with Gasteiger partial charge in [-0.15, -0.1) is 0 Å². The quantitative estimate of drug-likeness (QED) is 0.0683. The third-order valence-electron chi connectivity index (χ3n) is 33.5. The maximum Gasteiger partial charge on any atom is 0.302 e. The van der Waals surface area contributed by atoms with Crippen LogP contribution in [0.3, 0.4) is 0 Å². The summed E-state index contributed by atoms with van der Waals surface area (Å²) in [6.07, 6.45) is 19.9. The number of ketones is 5. The summed E-state index contributed by atoms with van der Waals surface area (Å²) in [5.41, 5.74) is 21.2. The molecule has 0 saturated heterocycles. The van der Waals surface area contributed by atoms with Crippen LogP contribution in [0.5, 0.6) is 0 Å². The van der Waals surface area contributed by atoms with Crippen molar-refractivity contribution < 1.29 is 33.5 Å². The first-order chi connectivity index (χ1) is 70.8. The summed E-state index contributed by atoms with van der Waals surface area (Å²) in [7, 11) is 0. The number of benzene rings is 8. The Labute approximate surface area is 859 Å². The fourth-order valence-electron chi connectivity index (χ4n) is 26.1. The van der Waals surface area contributed by atoms with Crippen molar-refractivity contribution in [1.29, 1.82) is 0 Å². The van der Waals surface area contributed by atoms with Crippen molar-refractivity contribution in [3.8, 4) is 68.0 Å². The van der Waals surface area contributed by atoms with E-state index in [1.54, 1.807) is 0 Å². The molecule has 10 aliphatic carbocycles. The molecule has 23 rings (SSSR count). The van der Waals surface area contributed by atoms with Crippen LogP contribution in [0.2, 0.25) is 0 Å². The Morgan fingerprint density at radius 3 is 1.00 bits per heavy atom. The Morgan fingerprint density at radius 1 is 0.347 bits per heavy atom. The van der Waals surface area contributed by atoms with Crippen LogP contribution in [-0.4, -0.2) is 89.7 Å². The van der Waals surface area contributed by atoms with Crippen LogP contribution in [0.25, 0.3) is 92.3 Å². The number of para-hydroxylation sites is 2. The van der Waals surface area contributed by atoms with Crippen molar-refractivity contribution in [2.75, 3.05) is 6.61 Å². The van der Waals surface area contributed by atoms with Gasteiger partial charge in [0.15, 0.2) is 28.9 Å². The van der Waals surface area contributed by atoms with E-state index in [0.29, 0.717) is 6.61 Å². The minimum absolute atomic E-state index is 0.0138. The molecule has 0 bridgehead atoms. The number of nitrogens with zero attached hydrogens (tertiary/aromatic N) is 14. The van der Waals surface area contributed by atoms with Gasteiger partial charge >= 0.3 is 5.97 Å². The molecule has 0 aliphatic heterocycles. The zero-order chi connectivity index (χ0) is 103. The molecule has 0 amide bonds. The van der Waals surface area contributed by atoms with E-state index in [0.717, 1.165) is 191 Å². The highest BCUT2D eigenvalue weighted by Gasteiger charge is 2.56. The summed E-state index contributed by atoms with van der Waals surface area (Å²) in [5, 5.41) is 0. The number of nitrogens with one attached hydrogen (secondary N) is 1. The second kappa shape index (κ2) is 40.1. The number of esters is 1. The minimum Gasteiger partial charge on any atom is -0.466 e. The number of aromatic amines is 1. The fraction of sp³-hybridized carbons (Fsp3) is 0.328. The third-order valence-corrected chi connectivity index (χ3v) is 33.5. The van der Waals surface area contributed by atoms with E-state index in [-0.39, 0.29) is 139 Å². The molecule has 5 heterocycles. The molecule has 147 heavy (non-hydrogen) atoms. The van der Waals surface area contributed by atoms with Crippen LogP contribution in [0.1, 0.15) is 189 Å². The van der Waals surface area contributed by atoms with Gasteiger partial charge in [-0.25, -0.2) is 49.1 Å². The second-order valence-corrected chi connectivity index (χ2v) is 42.0. The second-order valence-electron chi connectivity index (χ2n) is 42.0. The number of aryl methyl sites for hydroxylation is 4. The number of allylic oxidation sites excluding steroid dienone is 10. The molecule has 0 spiro atoms. The number of H-pyrrole nitrogens is 1. The summed E-state index contributed by atoms with van der Waals surface area (Å²) in [6.45, 7) is 63.8. The van der Waals surface area contributed by atoms with Gasteiger partial charge in [-0.05, 0) is 186 Å². The molecule has 0 saturated carbocycles. The van der Waals surface area contributed by atoms with E-state index in [1.165, 1.54) is 35.1 Å². The molecular weight excluding hydrogens is 1820 g/mol. The smallest absolute Gasteiger partial charge is 0.302 e. The number of ether oxygens (including phenoxy) is 1. The Kier molecular flexibility index (Phi) is 27.1. The molecule has 8 aromatic carbocycles. The minimum atomic E-state index is -0.489. The molecular formula is C125H119N15O7. The van der Waals surface area contributed by atoms with Crippen molar-refractivity contribution >= 4 is 34.9 Å². The van der Waals surface area contributed by atoms with Crippen molar-refractivity contribution in [3.63, 3.8) is 0 Å². The number of rotatable bonds is 12. The van der Waals surface area contributed by atoms with E-state index in [2.05, 4.69) is 203 Å². The normalized spacial score (nSPS) is 25.4. The monoisotopic (exact) mass is 1940 g/mol. The number of carbonyl (C=O) groups excluding carboxylic acids is 6. The number of hydrogen-bond donors (Lipinski definition) is 1. The Hall–Kier alpha value is -16.2. The predicted molar refractivity (Wildman–Crippen MR) is 569 cm³/mol. The van der Waals surface area contributed by atoms with E-state index in [1.807, 2.05) is 188 Å². The SMILES string of the molecule is [C-]#[N+]C1=C[C@]2(C)c3nc(-c4ccccc4)[nH]c3CC[C@H]2[C@H](C)C1=O.[C-]#[N+]C1=C[C@]2(C)c3nc(-c4ccccc4)n(-c4cccc(CCCOC(C)=O)c4)c3CC[C@H]2[C@H](C)C1=O.[C-]#[N+]C1=C[C@]2(C)c3nc(-c4ccccc4)n(-c4ccccc4)c3CC[C@H]2[C@H](C)C1=O.[C-]#[N+]C1=C[C@]2(C)c3nc(C)n(-c4ccc(-c5ccccc5)cc4)c3CC[C@H]2[C@H](C)C1=O.[C-]#[N+]C1=C[C@]2(C)c3nc(C)n(-c4ccccc4)c3CC[C@H]2[C@H](C)C1=O. The lowest BCUT2D eigenvalue weighted by molar-refractivity contribution is -0.141. The van der Waals surface area contributed by atoms with Crippen LogP contribution in [0.15, 0.2) is 289 Å². The van der Waals surface area contributed by atoms with Crippen LogP contribution < -0.4 is 0 Å². The summed E-state index contributed by atoms with van der Waals surface area (Å²) < 4.78 is 14.1. The lowest BCUT2D eigenvalue weighted by Crippen LogP contribution is -2.45. The Bertz CT molecular complexity index is 7810. The van der Waals surface area contributed by atoms with E-state index >= 15 is 0 Å². The highest BCUT2D eigenvalue weighted by atomic mass is 16.5.